The van der Waals surface area contributed by atoms with Gasteiger partial charge in [0.2, 0.25) is 15.9 Å². The molecule has 1 heterocycles. The Hall–Kier alpha value is -1.74. The van der Waals surface area contributed by atoms with Crippen LogP contribution in [0.25, 0.3) is 0 Å². The first-order chi connectivity index (χ1) is 9.84. The first-order valence-electron chi connectivity index (χ1n) is 6.19. The van der Waals surface area contributed by atoms with Crippen LogP contribution in [-0.2, 0) is 14.8 Å². The van der Waals surface area contributed by atoms with Crippen molar-refractivity contribution < 1.29 is 26.7 Å². The average molecular weight is 320 g/mol. The van der Waals surface area contributed by atoms with E-state index in [4.69, 9.17) is 5.73 Å². The second-order valence-corrected chi connectivity index (χ2v) is 6.36. The Labute approximate surface area is 120 Å². The van der Waals surface area contributed by atoms with Gasteiger partial charge in [-0.05, 0) is 25.0 Å². The highest BCUT2D eigenvalue weighted by Gasteiger charge is 2.39. The van der Waals surface area contributed by atoms with Crippen LogP contribution in [0.1, 0.15) is 12.8 Å². The molecule has 1 aliphatic heterocycles. The number of carbonyl (C=O) groups excluding carboxylic acids is 1. The number of sulfonamides is 1. The number of nitrogens with zero attached hydrogens (tertiary/aromatic N) is 1. The summed E-state index contributed by atoms with van der Waals surface area (Å²) in [6.45, 7) is -3.04. The van der Waals surface area contributed by atoms with E-state index in [9.17, 15) is 22.0 Å². The van der Waals surface area contributed by atoms with E-state index < -0.39 is 39.2 Å². The standard InChI is InChI=1S/C12H14F2N2O4S/c13-12(14)20-9-5-1-2-6-10(9)21(18,19)16-7-3-4-8(16)11(15)17/h1-2,5-6,8,12H,3-4,7H2,(H2,15,17)/t8-/m1/s1. The minimum absolute atomic E-state index is 0.110. The molecule has 1 atom stereocenters. The number of hydrogen-bond donors (Lipinski definition) is 1. The number of hydrogen-bond acceptors (Lipinski definition) is 4. The topological polar surface area (TPSA) is 89.7 Å². The molecular weight excluding hydrogens is 306 g/mol. The first kappa shape index (κ1) is 15.6. The summed E-state index contributed by atoms with van der Waals surface area (Å²) in [5.41, 5.74) is 5.19. The number of halogens is 2. The second kappa shape index (κ2) is 5.94. The van der Waals surface area contributed by atoms with Crippen molar-refractivity contribution in [3.05, 3.63) is 24.3 Å². The zero-order chi connectivity index (χ0) is 15.6. The molecule has 6 nitrogen and oxygen atoms in total. The Morgan fingerprint density at radius 2 is 2.05 bits per heavy atom. The van der Waals surface area contributed by atoms with Gasteiger partial charge in [-0.15, -0.1) is 0 Å². The Bertz CT molecular complexity index is 636. The Morgan fingerprint density at radius 1 is 1.38 bits per heavy atom. The Morgan fingerprint density at radius 3 is 2.67 bits per heavy atom. The molecule has 21 heavy (non-hydrogen) atoms. The molecule has 2 N–H and O–H groups in total. The smallest absolute Gasteiger partial charge is 0.387 e. The number of rotatable bonds is 5. The van der Waals surface area contributed by atoms with Gasteiger partial charge >= 0.3 is 6.61 Å². The van der Waals surface area contributed by atoms with Crippen molar-refractivity contribution in [3.63, 3.8) is 0 Å². The molecule has 1 saturated heterocycles. The summed E-state index contributed by atoms with van der Waals surface area (Å²) in [5.74, 6) is -1.22. The molecule has 0 aliphatic carbocycles. The van der Waals surface area contributed by atoms with Crippen molar-refractivity contribution in [1.82, 2.24) is 4.31 Å². The van der Waals surface area contributed by atoms with Crippen molar-refractivity contribution in [2.75, 3.05) is 6.54 Å². The van der Waals surface area contributed by atoms with E-state index in [0.29, 0.717) is 12.8 Å². The maximum atomic E-state index is 12.5. The fourth-order valence-electron chi connectivity index (χ4n) is 2.30. The summed E-state index contributed by atoms with van der Waals surface area (Å²) in [7, 11) is -4.13. The molecule has 9 heteroatoms. The lowest BCUT2D eigenvalue weighted by Gasteiger charge is -2.22. The highest BCUT2D eigenvalue weighted by molar-refractivity contribution is 7.89. The molecule has 0 saturated carbocycles. The molecule has 0 radical (unpaired) electrons. The van der Waals surface area contributed by atoms with Gasteiger partial charge in [-0.3, -0.25) is 4.79 Å². The van der Waals surface area contributed by atoms with Crippen molar-refractivity contribution in [2.45, 2.75) is 30.4 Å². The van der Waals surface area contributed by atoms with Gasteiger partial charge in [-0.25, -0.2) is 8.42 Å². The summed E-state index contributed by atoms with van der Waals surface area (Å²) in [6, 6.07) is 4.10. The Kier molecular flexibility index (Phi) is 4.43. The van der Waals surface area contributed by atoms with Gasteiger partial charge in [-0.2, -0.15) is 13.1 Å². The van der Waals surface area contributed by atoms with E-state index in [1.807, 2.05) is 0 Å². The molecule has 1 fully saturated rings. The SMILES string of the molecule is NC(=O)[C@H]1CCCN1S(=O)(=O)c1ccccc1OC(F)F. The molecule has 1 aliphatic rings. The number of para-hydroxylation sites is 1. The zero-order valence-electron chi connectivity index (χ0n) is 10.9. The highest BCUT2D eigenvalue weighted by atomic mass is 32.2. The minimum Gasteiger partial charge on any atom is -0.433 e. The monoisotopic (exact) mass is 320 g/mol. The van der Waals surface area contributed by atoms with Crippen LogP contribution in [0, 0.1) is 0 Å². The van der Waals surface area contributed by atoms with E-state index in [-0.39, 0.29) is 6.54 Å². The van der Waals surface area contributed by atoms with Gasteiger partial charge < -0.3 is 10.5 Å². The fraction of sp³-hybridized carbons (Fsp3) is 0.417. The summed E-state index contributed by atoms with van der Waals surface area (Å²) in [5, 5.41) is 0. The molecule has 1 amide bonds. The van der Waals surface area contributed by atoms with Gasteiger partial charge in [0.1, 0.15) is 16.7 Å². The van der Waals surface area contributed by atoms with Crippen LogP contribution in [0.4, 0.5) is 8.78 Å². The van der Waals surface area contributed by atoms with E-state index in [0.717, 1.165) is 16.4 Å². The fourth-order valence-corrected chi connectivity index (χ4v) is 4.08. The summed E-state index contributed by atoms with van der Waals surface area (Å²) in [6.07, 6.45) is 0.789. The maximum absolute atomic E-state index is 12.5. The van der Waals surface area contributed by atoms with Crippen LogP contribution in [0.3, 0.4) is 0 Å². The molecule has 0 aromatic heterocycles. The predicted octanol–water partition coefficient (Wildman–Crippen LogP) is 0.926. The van der Waals surface area contributed by atoms with Crippen LogP contribution in [0.2, 0.25) is 0 Å². The van der Waals surface area contributed by atoms with Crippen LogP contribution < -0.4 is 10.5 Å². The van der Waals surface area contributed by atoms with Gasteiger partial charge in [0, 0.05) is 6.54 Å². The molecule has 0 spiro atoms. The van der Waals surface area contributed by atoms with Gasteiger partial charge in [0.05, 0.1) is 0 Å². The van der Waals surface area contributed by atoms with Gasteiger partial charge in [0.25, 0.3) is 0 Å². The molecule has 0 bridgehead atoms. The third-order valence-electron chi connectivity index (χ3n) is 3.18. The lowest BCUT2D eigenvalue weighted by molar-refractivity contribution is -0.121. The third-order valence-corrected chi connectivity index (χ3v) is 5.13. The second-order valence-electron chi connectivity index (χ2n) is 4.50. The number of amides is 1. The van der Waals surface area contributed by atoms with Gasteiger partial charge in [-0.1, -0.05) is 12.1 Å². The zero-order valence-corrected chi connectivity index (χ0v) is 11.7. The number of primary amides is 1. The van der Waals surface area contributed by atoms with Crippen molar-refractivity contribution in [2.24, 2.45) is 5.73 Å². The Balaban J connectivity index is 2.42. The van der Waals surface area contributed by atoms with E-state index in [1.165, 1.54) is 12.1 Å². The summed E-state index contributed by atoms with van der Waals surface area (Å²) in [4.78, 5) is 10.9. The number of nitrogens with two attached hydrogens (primary N) is 1. The van der Waals surface area contributed by atoms with Crippen LogP contribution in [-0.4, -0.2) is 37.8 Å². The minimum atomic E-state index is -4.13. The summed E-state index contributed by atoms with van der Waals surface area (Å²) >= 11 is 0. The molecule has 2 rings (SSSR count). The summed E-state index contributed by atoms with van der Waals surface area (Å²) < 4.78 is 55.0. The van der Waals surface area contributed by atoms with Crippen molar-refractivity contribution in [3.8, 4) is 5.75 Å². The number of ether oxygens (including phenoxy) is 1. The van der Waals surface area contributed by atoms with Crippen LogP contribution >= 0.6 is 0 Å². The quantitative estimate of drug-likeness (QED) is 0.874. The van der Waals surface area contributed by atoms with Crippen molar-refractivity contribution in [1.29, 1.82) is 0 Å². The molecule has 1 aromatic carbocycles. The first-order valence-corrected chi connectivity index (χ1v) is 7.63. The maximum Gasteiger partial charge on any atom is 0.387 e. The van der Waals surface area contributed by atoms with E-state index in [2.05, 4.69) is 4.74 Å². The molecule has 116 valence electrons. The largest absolute Gasteiger partial charge is 0.433 e. The van der Waals surface area contributed by atoms with Gasteiger partial charge in [0.15, 0.2) is 0 Å². The van der Waals surface area contributed by atoms with E-state index >= 15 is 0 Å². The third kappa shape index (κ3) is 3.13. The highest BCUT2D eigenvalue weighted by Crippen LogP contribution is 2.32. The lowest BCUT2D eigenvalue weighted by atomic mass is 10.2. The predicted molar refractivity (Wildman–Crippen MR) is 69.2 cm³/mol. The molecule has 1 aromatic rings. The number of benzene rings is 1. The molecular formula is C12H14F2N2O4S. The lowest BCUT2D eigenvalue weighted by Crippen LogP contribution is -2.43. The number of alkyl halides is 2. The normalized spacial score (nSPS) is 19.9. The number of carbonyl (C=O) groups is 1. The van der Waals surface area contributed by atoms with Crippen LogP contribution in [0.15, 0.2) is 29.2 Å². The van der Waals surface area contributed by atoms with Crippen LogP contribution in [0.5, 0.6) is 5.75 Å². The van der Waals surface area contributed by atoms with Crippen molar-refractivity contribution >= 4 is 15.9 Å². The average Bonchev–Trinajstić information content (AvgIpc) is 2.88. The molecule has 0 unspecified atom stereocenters. The van der Waals surface area contributed by atoms with E-state index in [1.54, 1.807) is 0 Å².